The van der Waals surface area contributed by atoms with Crippen molar-refractivity contribution in [3.63, 3.8) is 0 Å². The smallest absolute Gasteiger partial charge is 0.360 e. The van der Waals surface area contributed by atoms with E-state index >= 15 is 0 Å². The van der Waals surface area contributed by atoms with Crippen molar-refractivity contribution in [1.29, 1.82) is 0 Å². The zero-order valence-corrected chi connectivity index (χ0v) is 25.3. The maximum Gasteiger partial charge on any atom is 0.360 e. The molecule has 14 nitrogen and oxygen atoms in total. The third kappa shape index (κ3) is 6.07. The minimum absolute atomic E-state index is 0.0393. The molecule has 7 heterocycles. The second-order valence-corrected chi connectivity index (χ2v) is 10.5. The molecule has 3 N–H and O–H groups in total. The van der Waals surface area contributed by atoms with Gasteiger partial charge in [-0.15, -0.1) is 5.10 Å². The number of hydrogen-bond acceptors (Lipinski definition) is 10. The highest BCUT2D eigenvalue weighted by atomic mass is 16.5. The fourth-order valence-electron chi connectivity index (χ4n) is 5.21. The summed E-state index contributed by atoms with van der Waals surface area (Å²) in [5.74, 6) is 1.61. The van der Waals surface area contributed by atoms with Gasteiger partial charge in [-0.25, -0.2) is 29.4 Å². The number of hydrogen-bond donors (Lipinski definition) is 3. The van der Waals surface area contributed by atoms with Crippen molar-refractivity contribution in [1.82, 2.24) is 39.2 Å². The van der Waals surface area contributed by atoms with Crippen molar-refractivity contribution in [2.45, 2.75) is 12.8 Å². The summed E-state index contributed by atoms with van der Waals surface area (Å²) in [7, 11) is 3.16. The highest BCUT2D eigenvalue weighted by molar-refractivity contribution is 5.94. The van der Waals surface area contributed by atoms with Crippen LogP contribution in [0, 0.1) is 0 Å². The molecular weight excluding hydrogens is 600 g/mol. The Morgan fingerprint density at radius 1 is 0.723 bits per heavy atom. The van der Waals surface area contributed by atoms with Crippen LogP contribution in [-0.2, 0) is 11.2 Å². The van der Waals surface area contributed by atoms with Crippen LogP contribution in [0.5, 0.6) is 11.8 Å². The fraction of sp³-hybridized carbons (Fsp3) is 0.121. The molecule has 1 aliphatic rings. The first-order valence-corrected chi connectivity index (χ1v) is 14.6. The van der Waals surface area contributed by atoms with Crippen molar-refractivity contribution >= 4 is 34.3 Å². The first-order valence-electron chi connectivity index (χ1n) is 14.6. The van der Waals surface area contributed by atoms with Crippen LogP contribution in [-0.4, -0.2) is 59.3 Å². The van der Waals surface area contributed by atoms with Crippen LogP contribution in [0.3, 0.4) is 0 Å². The van der Waals surface area contributed by atoms with Crippen LogP contribution in [0.4, 0.5) is 17.3 Å². The van der Waals surface area contributed by atoms with E-state index in [-0.39, 0.29) is 11.6 Å². The highest BCUT2D eigenvalue weighted by Crippen LogP contribution is 2.28. The number of carbonyl (C=O) groups is 1. The number of amides is 1. The maximum absolute atomic E-state index is 11.7. The summed E-state index contributed by atoms with van der Waals surface area (Å²) in [6, 6.07) is 21.0. The summed E-state index contributed by atoms with van der Waals surface area (Å²) in [5.41, 5.74) is 7.64. The molecule has 0 aliphatic carbocycles. The summed E-state index contributed by atoms with van der Waals surface area (Å²) in [6.45, 7) is 0. The molecule has 47 heavy (non-hydrogen) atoms. The Morgan fingerprint density at radius 3 is 2.15 bits per heavy atom. The van der Waals surface area contributed by atoms with E-state index < -0.39 is 0 Å². The minimum Gasteiger partial charge on any atom is -0.481 e. The van der Waals surface area contributed by atoms with Crippen LogP contribution in [0.1, 0.15) is 12.0 Å². The van der Waals surface area contributed by atoms with Crippen molar-refractivity contribution in [3.8, 4) is 34.3 Å². The summed E-state index contributed by atoms with van der Waals surface area (Å²) in [6.07, 6.45) is 8.01. The zero-order chi connectivity index (χ0) is 32.3. The number of nitrogens with zero attached hydrogens (tertiary/aromatic N) is 7. The van der Waals surface area contributed by atoms with E-state index in [0.717, 1.165) is 56.9 Å². The third-order valence-corrected chi connectivity index (χ3v) is 7.58. The van der Waals surface area contributed by atoms with Gasteiger partial charge < -0.3 is 20.1 Å². The van der Waals surface area contributed by atoms with E-state index in [1.54, 1.807) is 43.4 Å². The topological polar surface area (TPSA) is 166 Å². The largest absolute Gasteiger partial charge is 0.481 e. The molecule has 0 atom stereocenters. The molecule has 0 fully saturated rings. The van der Waals surface area contributed by atoms with E-state index in [0.29, 0.717) is 24.1 Å². The van der Waals surface area contributed by atoms with Crippen LogP contribution in [0.25, 0.3) is 33.5 Å². The van der Waals surface area contributed by atoms with Crippen LogP contribution in [0.15, 0.2) is 96.3 Å². The molecule has 7 aromatic rings. The van der Waals surface area contributed by atoms with E-state index in [9.17, 15) is 9.59 Å². The number of aromatic nitrogens is 8. The number of H-pyrrole nitrogens is 1. The van der Waals surface area contributed by atoms with E-state index in [2.05, 4.69) is 40.8 Å². The van der Waals surface area contributed by atoms with Gasteiger partial charge in [0.05, 0.1) is 49.0 Å². The Labute approximate surface area is 267 Å². The summed E-state index contributed by atoms with van der Waals surface area (Å²) in [5, 5.41) is 13.4. The van der Waals surface area contributed by atoms with Crippen molar-refractivity contribution < 1.29 is 14.3 Å². The number of aryl methyl sites for hydroxylation is 1. The third-order valence-electron chi connectivity index (χ3n) is 7.58. The second kappa shape index (κ2) is 12.4. The van der Waals surface area contributed by atoms with Crippen molar-refractivity contribution in [3.05, 3.63) is 108 Å². The normalized spacial score (nSPS) is 12.2. The number of methoxy groups -OCH3 is 2. The van der Waals surface area contributed by atoms with Gasteiger partial charge in [-0.3, -0.25) is 9.31 Å². The molecule has 0 bridgehead atoms. The molecule has 0 radical (unpaired) electrons. The number of aromatic amines is 1. The monoisotopic (exact) mass is 628 g/mol. The Kier molecular flexibility index (Phi) is 7.72. The predicted molar refractivity (Wildman–Crippen MR) is 175 cm³/mol. The molecule has 6 aromatic heterocycles. The van der Waals surface area contributed by atoms with Crippen LogP contribution in [0.2, 0.25) is 0 Å². The molecule has 1 amide bonds. The summed E-state index contributed by atoms with van der Waals surface area (Å²) in [4.78, 5) is 39.4. The van der Waals surface area contributed by atoms with Gasteiger partial charge in [0.15, 0.2) is 0 Å². The molecular formula is C33H28N10O4. The Morgan fingerprint density at radius 2 is 1.43 bits per heavy atom. The number of benzene rings is 1. The van der Waals surface area contributed by atoms with E-state index in [4.69, 9.17) is 9.47 Å². The number of carbonyl (C=O) groups excluding carboxylic acids is 1. The molecule has 14 heteroatoms. The fourth-order valence-corrected chi connectivity index (χ4v) is 5.21. The first kappa shape index (κ1) is 29.2. The van der Waals surface area contributed by atoms with Gasteiger partial charge >= 0.3 is 5.69 Å². The standard InChI is InChI=1S/C21H18N6O2.C12H10N4O2/c1-29-20-9-4-14(11-22-20)18-7-6-16-12-23-21(26-27(16)18)24-15-5-2-13-3-8-19(28)25-17(13)10-15;1-18-11-5-2-8(6-13-11)10-4-3-9-7-14-12(17)15-16(9)10/h2,4-7,9-12H,3,8H2,1H3,(H,24,26)(H,25,28);2-7H,1H3,(H,15,17). The quantitative estimate of drug-likeness (QED) is 0.238. The summed E-state index contributed by atoms with van der Waals surface area (Å²) >= 11 is 0. The lowest BCUT2D eigenvalue weighted by molar-refractivity contribution is -0.116. The van der Waals surface area contributed by atoms with Gasteiger partial charge in [0.2, 0.25) is 23.6 Å². The van der Waals surface area contributed by atoms with Crippen LogP contribution < -0.4 is 25.8 Å². The molecule has 0 spiro atoms. The van der Waals surface area contributed by atoms with Crippen molar-refractivity contribution in [2.75, 3.05) is 24.9 Å². The van der Waals surface area contributed by atoms with Gasteiger partial charge in [0.25, 0.3) is 0 Å². The molecule has 1 aliphatic heterocycles. The zero-order valence-electron chi connectivity index (χ0n) is 25.3. The second-order valence-electron chi connectivity index (χ2n) is 10.5. The lowest BCUT2D eigenvalue weighted by atomic mass is 10.0. The number of anilines is 3. The van der Waals surface area contributed by atoms with Gasteiger partial charge in [-0.1, -0.05) is 6.07 Å². The SMILES string of the molecule is COc1ccc(-c2ccc3cnc(=O)[nH]n23)cn1.COc1ccc(-c2ccc3cnc(Nc4ccc5c(c4)NC(=O)CC5)nn23)cn1. The molecule has 1 aromatic carbocycles. The van der Waals surface area contributed by atoms with E-state index in [1.807, 2.05) is 65.2 Å². The number of rotatable bonds is 6. The first-order chi connectivity index (χ1) is 23.0. The molecule has 0 saturated carbocycles. The Balaban J connectivity index is 0.000000167. The lowest BCUT2D eigenvalue weighted by Gasteiger charge is -2.17. The number of ether oxygens (including phenoxy) is 2. The average Bonchev–Trinajstić information content (AvgIpc) is 3.72. The molecule has 234 valence electrons. The van der Waals surface area contributed by atoms with Crippen molar-refractivity contribution in [2.24, 2.45) is 0 Å². The van der Waals surface area contributed by atoms with Crippen LogP contribution >= 0.6 is 0 Å². The minimum atomic E-state index is -0.388. The van der Waals surface area contributed by atoms with E-state index in [1.165, 1.54) is 6.20 Å². The molecule has 8 rings (SSSR count). The van der Waals surface area contributed by atoms with Gasteiger partial charge in [0.1, 0.15) is 0 Å². The highest BCUT2D eigenvalue weighted by Gasteiger charge is 2.15. The summed E-state index contributed by atoms with van der Waals surface area (Å²) < 4.78 is 13.6. The van der Waals surface area contributed by atoms with Gasteiger partial charge in [0, 0.05) is 53.4 Å². The van der Waals surface area contributed by atoms with Gasteiger partial charge in [-0.2, -0.15) is 4.98 Å². The Hall–Kier alpha value is -6.57. The van der Waals surface area contributed by atoms with Gasteiger partial charge in [-0.05, 0) is 60.5 Å². The average molecular weight is 629 g/mol. The lowest BCUT2D eigenvalue weighted by Crippen LogP contribution is -2.18. The predicted octanol–water partition coefficient (Wildman–Crippen LogP) is 4.52. The molecule has 0 unspecified atom stereocenters. The maximum atomic E-state index is 11.7. The number of nitrogens with one attached hydrogen (secondary N) is 3. The number of fused-ring (bicyclic) bond motifs is 3. The Bertz CT molecular complexity index is 2270. The molecule has 0 saturated heterocycles. The number of pyridine rings is 2.